The minimum atomic E-state index is -0.779. The third-order valence-corrected chi connectivity index (χ3v) is 2.02. The largest absolute Gasteiger partial charge is 0.496 e. The number of nitrogens with two attached hydrogens (primary N) is 2. The normalized spacial score (nSPS) is 12.2. The molecular weight excluding hydrogens is 199 g/mol. The quantitative estimate of drug-likeness (QED) is 0.771. The van der Waals surface area contributed by atoms with Crippen LogP contribution in [0.1, 0.15) is 18.0 Å². The number of halogens is 1. The van der Waals surface area contributed by atoms with E-state index < -0.39 is 17.8 Å². The standard InChI is InChI=1S/C10H13FN2O2/c1-15-8-4-2-3-6(11)10(8)7(12)5-9(13)14/h2-4,7H,5,12H2,1H3,(H2,13,14). The number of benzene rings is 1. The van der Waals surface area contributed by atoms with Crippen LogP contribution in [0.3, 0.4) is 0 Å². The number of carbonyl (C=O) groups is 1. The lowest BCUT2D eigenvalue weighted by Crippen LogP contribution is -2.22. The molecule has 5 heteroatoms. The molecule has 0 bridgehead atoms. The van der Waals surface area contributed by atoms with Crippen molar-refractivity contribution in [2.24, 2.45) is 11.5 Å². The predicted octanol–water partition coefficient (Wildman–Crippen LogP) is 0.710. The summed E-state index contributed by atoms with van der Waals surface area (Å²) >= 11 is 0. The molecular formula is C10H13FN2O2. The second kappa shape index (κ2) is 4.75. The molecule has 15 heavy (non-hydrogen) atoms. The molecule has 82 valence electrons. The number of primary amides is 1. The van der Waals surface area contributed by atoms with Crippen LogP contribution < -0.4 is 16.2 Å². The highest BCUT2D eigenvalue weighted by Crippen LogP contribution is 2.27. The Morgan fingerprint density at radius 2 is 2.27 bits per heavy atom. The van der Waals surface area contributed by atoms with Gasteiger partial charge in [-0.2, -0.15) is 0 Å². The summed E-state index contributed by atoms with van der Waals surface area (Å²) in [6.45, 7) is 0. The summed E-state index contributed by atoms with van der Waals surface area (Å²) in [7, 11) is 1.41. The average molecular weight is 212 g/mol. The summed E-state index contributed by atoms with van der Waals surface area (Å²) in [6.07, 6.45) is -0.114. The molecule has 4 nitrogen and oxygen atoms in total. The number of rotatable bonds is 4. The minimum absolute atomic E-state index is 0.114. The summed E-state index contributed by atoms with van der Waals surface area (Å²) < 4.78 is 18.4. The molecule has 0 aliphatic rings. The Kier molecular flexibility index (Phi) is 3.62. The van der Waals surface area contributed by atoms with E-state index >= 15 is 0 Å². The van der Waals surface area contributed by atoms with Crippen LogP contribution in [-0.2, 0) is 4.79 Å². The van der Waals surface area contributed by atoms with Crippen LogP contribution in [0, 0.1) is 5.82 Å². The van der Waals surface area contributed by atoms with E-state index in [4.69, 9.17) is 16.2 Å². The molecule has 1 aromatic rings. The molecule has 0 saturated carbocycles. The van der Waals surface area contributed by atoms with E-state index in [9.17, 15) is 9.18 Å². The zero-order valence-corrected chi connectivity index (χ0v) is 8.37. The topological polar surface area (TPSA) is 78.3 Å². The van der Waals surface area contributed by atoms with Gasteiger partial charge in [-0.3, -0.25) is 4.79 Å². The first-order valence-corrected chi connectivity index (χ1v) is 4.42. The maximum Gasteiger partial charge on any atom is 0.219 e. The highest BCUT2D eigenvalue weighted by molar-refractivity contribution is 5.74. The van der Waals surface area contributed by atoms with Crippen molar-refractivity contribution in [2.45, 2.75) is 12.5 Å². The lowest BCUT2D eigenvalue weighted by Gasteiger charge is -2.14. The van der Waals surface area contributed by atoms with Crippen LogP contribution in [0.25, 0.3) is 0 Å². The van der Waals surface area contributed by atoms with Crippen molar-refractivity contribution < 1.29 is 13.9 Å². The van der Waals surface area contributed by atoms with Gasteiger partial charge >= 0.3 is 0 Å². The number of ether oxygens (including phenoxy) is 1. The first-order valence-electron chi connectivity index (χ1n) is 4.42. The third-order valence-electron chi connectivity index (χ3n) is 2.02. The molecule has 1 atom stereocenters. The second-order valence-corrected chi connectivity index (χ2v) is 3.13. The molecule has 0 saturated heterocycles. The SMILES string of the molecule is COc1cccc(F)c1C(N)CC(N)=O. The van der Waals surface area contributed by atoms with E-state index in [0.717, 1.165) is 0 Å². The van der Waals surface area contributed by atoms with Gasteiger partial charge in [0.05, 0.1) is 7.11 Å². The van der Waals surface area contributed by atoms with Crippen molar-refractivity contribution in [1.29, 1.82) is 0 Å². The third kappa shape index (κ3) is 2.66. The molecule has 1 amide bonds. The molecule has 1 rings (SSSR count). The van der Waals surface area contributed by atoms with Gasteiger partial charge in [0.2, 0.25) is 5.91 Å². The minimum Gasteiger partial charge on any atom is -0.496 e. The van der Waals surface area contributed by atoms with Gasteiger partial charge in [0.15, 0.2) is 0 Å². The first kappa shape index (κ1) is 11.5. The zero-order chi connectivity index (χ0) is 11.4. The van der Waals surface area contributed by atoms with Gasteiger partial charge in [-0.05, 0) is 12.1 Å². The molecule has 0 fully saturated rings. The van der Waals surface area contributed by atoms with Crippen molar-refractivity contribution in [2.75, 3.05) is 7.11 Å². The molecule has 1 unspecified atom stereocenters. The van der Waals surface area contributed by atoms with Crippen LogP contribution in [0.5, 0.6) is 5.75 Å². The number of hydrogen-bond acceptors (Lipinski definition) is 3. The van der Waals surface area contributed by atoms with E-state index in [1.54, 1.807) is 6.07 Å². The number of amides is 1. The zero-order valence-electron chi connectivity index (χ0n) is 8.37. The predicted molar refractivity (Wildman–Crippen MR) is 53.7 cm³/mol. The van der Waals surface area contributed by atoms with Gasteiger partial charge in [0, 0.05) is 18.0 Å². The Morgan fingerprint density at radius 3 is 2.80 bits per heavy atom. The smallest absolute Gasteiger partial charge is 0.219 e. The highest BCUT2D eigenvalue weighted by Gasteiger charge is 2.18. The first-order chi connectivity index (χ1) is 7.06. The maximum absolute atomic E-state index is 13.4. The van der Waals surface area contributed by atoms with Gasteiger partial charge < -0.3 is 16.2 Å². The van der Waals surface area contributed by atoms with E-state index in [1.807, 2.05) is 0 Å². The Labute approximate surface area is 87.0 Å². The second-order valence-electron chi connectivity index (χ2n) is 3.13. The Balaban J connectivity index is 3.05. The number of hydrogen-bond donors (Lipinski definition) is 2. The van der Waals surface area contributed by atoms with Crippen LogP contribution in [0.4, 0.5) is 4.39 Å². The molecule has 4 N–H and O–H groups in total. The van der Waals surface area contributed by atoms with E-state index in [2.05, 4.69) is 0 Å². The number of methoxy groups -OCH3 is 1. The number of carbonyl (C=O) groups excluding carboxylic acids is 1. The van der Waals surface area contributed by atoms with Gasteiger partial charge in [0.25, 0.3) is 0 Å². The molecule has 0 spiro atoms. The molecule has 0 aliphatic carbocycles. The van der Waals surface area contributed by atoms with Crippen molar-refractivity contribution in [3.05, 3.63) is 29.6 Å². The van der Waals surface area contributed by atoms with Crippen molar-refractivity contribution in [1.82, 2.24) is 0 Å². The summed E-state index contributed by atoms with van der Waals surface area (Å²) in [5.74, 6) is -0.750. The average Bonchev–Trinajstić information content (AvgIpc) is 2.15. The Bertz CT molecular complexity index is 368. The Morgan fingerprint density at radius 1 is 1.60 bits per heavy atom. The van der Waals surface area contributed by atoms with Gasteiger partial charge in [-0.15, -0.1) is 0 Å². The van der Waals surface area contributed by atoms with E-state index in [0.29, 0.717) is 5.75 Å². The highest BCUT2D eigenvalue weighted by atomic mass is 19.1. The summed E-state index contributed by atoms with van der Waals surface area (Å²) in [5.41, 5.74) is 10.8. The lowest BCUT2D eigenvalue weighted by atomic mass is 10.0. The lowest BCUT2D eigenvalue weighted by molar-refractivity contribution is -0.118. The summed E-state index contributed by atoms with van der Waals surface area (Å²) in [4.78, 5) is 10.7. The van der Waals surface area contributed by atoms with Crippen LogP contribution in [0.2, 0.25) is 0 Å². The van der Waals surface area contributed by atoms with E-state index in [1.165, 1.54) is 19.2 Å². The van der Waals surface area contributed by atoms with Crippen molar-refractivity contribution >= 4 is 5.91 Å². The fourth-order valence-electron chi connectivity index (χ4n) is 1.37. The van der Waals surface area contributed by atoms with Gasteiger partial charge in [0.1, 0.15) is 11.6 Å². The van der Waals surface area contributed by atoms with Crippen LogP contribution in [-0.4, -0.2) is 13.0 Å². The van der Waals surface area contributed by atoms with Crippen molar-refractivity contribution in [3.63, 3.8) is 0 Å². The van der Waals surface area contributed by atoms with Gasteiger partial charge in [-0.25, -0.2) is 4.39 Å². The van der Waals surface area contributed by atoms with Crippen LogP contribution >= 0.6 is 0 Å². The maximum atomic E-state index is 13.4. The van der Waals surface area contributed by atoms with Crippen molar-refractivity contribution in [3.8, 4) is 5.75 Å². The van der Waals surface area contributed by atoms with Gasteiger partial charge in [-0.1, -0.05) is 6.07 Å². The molecule has 0 radical (unpaired) electrons. The fourth-order valence-corrected chi connectivity index (χ4v) is 1.37. The molecule has 0 heterocycles. The molecule has 0 aromatic heterocycles. The van der Waals surface area contributed by atoms with Crippen LogP contribution in [0.15, 0.2) is 18.2 Å². The van der Waals surface area contributed by atoms with E-state index in [-0.39, 0.29) is 12.0 Å². The summed E-state index contributed by atoms with van der Waals surface area (Å²) in [6, 6.07) is 3.57. The molecule has 0 aliphatic heterocycles. The summed E-state index contributed by atoms with van der Waals surface area (Å²) in [5, 5.41) is 0. The Hall–Kier alpha value is -1.62. The molecule has 1 aromatic carbocycles. The monoisotopic (exact) mass is 212 g/mol. The fraction of sp³-hybridized carbons (Fsp3) is 0.300.